The zero-order valence-electron chi connectivity index (χ0n) is 11.4. The molecule has 0 spiro atoms. The summed E-state index contributed by atoms with van der Waals surface area (Å²) in [5.74, 6) is 1.99. The van der Waals surface area contributed by atoms with Gasteiger partial charge < -0.3 is 10.2 Å². The maximum Gasteiger partial charge on any atom is 0.193 e. The Morgan fingerprint density at radius 1 is 1.56 bits per heavy atom. The normalized spacial score (nSPS) is 15.8. The molecule has 0 bridgehead atoms. The minimum atomic E-state index is 0.927. The number of thiophene rings is 1. The molecule has 1 fully saturated rings. The van der Waals surface area contributed by atoms with Crippen LogP contribution in [0.1, 0.15) is 31.7 Å². The van der Waals surface area contributed by atoms with E-state index in [0.717, 1.165) is 31.5 Å². The molecule has 0 amide bonds. The van der Waals surface area contributed by atoms with E-state index in [9.17, 15) is 0 Å². The molecule has 0 aliphatic heterocycles. The van der Waals surface area contributed by atoms with Crippen LogP contribution in [0.25, 0.3) is 0 Å². The quantitative estimate of drug-likeness (QED) is 0.632. The zero-order valence-corrected chi connectivity index (χ0v) is 12.2. The third-order valence-corrected chi connectivity index (χ3v) is 3.92. The minimum absolute atomic E-state index is 0.927. The van der Waals surface area contributed by atoms with Crippen LogP contribution < -0.4 is 5.32 Å². The number of aliphatic imine (C=N–C) groups is 1. The van der Waals surface area contributed by atoms with E-state index in [-0.39, 0.29) is 0 Å². The molecule has 1 aliphatic carbocycles. The molecular formula is C14H23N3S. The summed E-state index contributed by atoms with van der Waals surface area (Å²) in [5, 5.41) is 7.69. The van der Waals surface area contributed by atoms with Gasteiger partial charge in [-0.1, -0.05) is 12.8 Å². The molecule has 1 N–H and O–H groups in total. The van der Waals surface area contributed by atoms with Crippen molar-refractivity contribution in [1.82, 2.24) is 10.2 Å². The van der Waals surface area contributed by atoms with E-state index in [4.69, 9.17) is 4.99 Å². The Hall–Kier alpha value is -1.03. The lowest BCUT2D eigenvalue weighted by Gasteiger charge is -2.21. The molecule has 1 aromatic heterocycles. The summed E-state index contributed by atoms with van der Waals surface area (Å²) in [4.78, 5) is 6.92. The van der Waals surface area contributed by atoms with Crippen molar-refractivity contribution < 1.29 is 0 Å². The van der Waals surface area contributed by atoms with Crippen LogP contribution in [0.3, 0.4) is 0 Å². The standard InChI is InChI=1S/C14H23N3S/c1-3-15-14(16-8-6-12-4-5-12)17(2)10-13-7-9-18-11-13/h7,9,11-12H,3-6,8,10H2,1-2H3,(H,15,16). The highest BCUT2D eigenvalue weighted by Crippen LogP contribution is 2.32. The highest BCUT2D eigenvalue weighted by molar-refractivity contribution is 7.07. The average molecular weight is 265 g/mol. The second-order valence-corrected chi connectivity index (χ2v) is 5.74. The van der Waals surface area contributed by atoms with Gasteiger partial charge in [-0.25, -0.2) is 0 Å². The van der Waals surface area contributed by atoms with E-state index in [2.05, 4.69) is 41.0 Å². The first-order valence-corrected chi connectivity index (χ1v) is 7.74. The van der Waals surface area contributed by atoms with Crippen molar-refractivity contribution in [3.8, 4) is 0 Å². The third-order valence-electron chi connectivity index (χ3n) is 3.19. The highest BCUT2D eigenvalue weighted by atomic mass is 32.1. The van der Waals surface area contributed by atoms with Gasteiger partial charge in [0, 0.05) is 26.7 Å². The predicted molar refractivity (Wildman–Crippen MR) is 79.1 cm³/mol. The molecule has 1 aliphatic rings. The summed E-state index contributed by atoms with van der Waals surface area (Å²) in [6.07, 6.45) is 4.08. The van der Waals surface area contributed by atoms with E-state index < -0.39 is 0 Å². The lowest BCUT2D eigenvalue weighted by atomic mass is 10.3. The molecule has 0 saturated heterocycles. The van der Waals surface area contributed by atoms with Gasteiger partial charge in [-0.2, -0.15) is 11.3 Å². The van der Waals surface area contributed by atoms with E-state index in [0.29, 0.717) is 0 Å². The van der Waals surface area contributed by atoms with Crippen LogP contribution in [-0.4, -0.2) is 31.0 Å². The zero-order chi connectivity index (χ0) is 12.8. The molecule has 3 nitrogen and oxygen atoms in total. The molecule has 0 atom stereocenters. The van der Waals surface area contributed by atoms with Crippen LogP contribution in [0.2, 0.25) is 0 Å². The predicted octanol–water partition coefficient (Wildman–Crippen LogP) is 2.95. The van der Waals surface area contributed by atoms with Crippen molar-refractivity contribution in [2.75, 3.05) is 20.1 Å². The van der Waals surface area contributed by atoms with Crippen LogP contribution in [0.4, 0.5) is 0 Å². The van der Waals surface area contributed by atoms with Crippen molar-refractivity contribution in [2.45, 2.75) is 32.7 Å². The van der Waals surface area contributed by atoms with Crippen molar-refractivity contribution in [1.29, 1.82) is 0 Å². The molecule has 0 radical (unpaired) electrons. The largest absolute Gasteiger partial charge is 0.357 e. The Morgan fingerprint density at radius 2 is 2.39 bits per heavy atom. The first-order chi connectivity index (χ1) is 8.79. The Kier molecular flexibility index (Phi) is 5.05. The molecule has 18 heavy (non-hydrogen) atoms. The van der Waals surface area contributed by atoms with Crippen LogP contribution in [0.15, 0.2) is 21.8 Å². The first-order valence-electron chi connectivity index (χ1n) is 6.80. The van der Waals surface area contributed by atoms with Gasteiger partial charge in [0.05, 0.1) is 0 Å². The molecule has 2 rings (SSSR count). The van der Waals surface area contributed by atoms with Crippen LogP contribution >= 0.6 is 11.3 Å². The van der Waals surface area contributed by atoms with Gasteiger partial charge in [-0.05, 0) is 41.7 Å². The van der Waals surface area contributed by atoms with Gasteiger partial charge in [-0.3, -0.25) is 4.99 Å². The van der Waals surface area contributed by atoms with E-state index >= 15 is 0 Å². The molecule has 4 heteroatoms. The first kappa shape index (κ1) is 13.4. The molecular weight excluding hydrogens is 242 g/mol. The van der Waals surface area contributed by atoms with E-state index in [1.54, 1.807) is 11.3 Å². The van der Waals surface area contributed by atoms with E-state index in [1.165, 1.54) is 24.8 Å². The summed E-state index contributed by atoms with van der Waals surface area (Å²) in [6, 6.07) is 2.18. The van der Waals surface area contributed by atoms with Gasteiger partial charge in [-0.15, -0.1) is 0 Å². The fraction of sp³-hybridized carbons (Fsp3) is 0.643. The number of nitrogens with zero attached hydrogens (tertiary/aromatic N) is 2. The molecule has 1 heterocycles. The summed E-state index contributed by atoms with van der Waals surface area (Å²) in [7, 11) is 2.11. The number of guanidine groups is 1. The minimum Gasteiger partial charge on any atom is -0.357 e. The van der Waals surface area contributed by atoms with Gasteiger partial charge in [0.2, 0.25) is 0 Å². The van der Waals surface area contributed by atoms with Crippen LogP contribution in [0, 0.1) is 5.92 Å². The van der Waals surface area contributed by atoms with Gasteiger partial charge in [0.15, 0.2) is 5.96 Å². The van der Waals surface area contributed by atoms with Gasteiger partial charge in [0.1, 0.15) is 0 Å². The number of nitrogens with one attached hydrogen (secondary N) is 1. The molecule has 0 unspecified atom stereocenters. The summed E-state index contributed by atoms with van der Waals surface area (Å²) in [5.41, 5.74) is 1.36. The van der Waals surface area contributed by atoms with Crippen LogP contribution in [-0.2, 0) is 6.54 Å². The molecule has 1 saturated carbocycles. The van der Waals surface area contributed by atoms with Gasteiger partial charge in [0.25, 0.3) is 0 Å². The van der Waals surface area contributed by atoms with Crippen molar-refractivity contribution in [3.05, 3.63) is 22.4 Å². The SMILES string of the molecule is CCNC(=NCCC1CC1)N(C)Cc1ccsc1. The second-order valence-electron chi connectivity index (χ2n) is 4.96. The number of hydrogen-bond donors (Lipinski definition) is 1. The van der Waals surface area contributed by atoms with Gasteiger partial charge >= 0.3 is 0 Å². The Bertz CT molecular complexity index is 368. The lowest BCUT2D eigenvalue weighted by Crippen LogP contribution is -2.38. The van der Waals surface area contributed by atoms with Crippen molar-refractivity contribution in [2.24, 2.45) is 10.9 Å². The summed E-state index contributed by atoms with van der Waals surface area (Å²) in [6.45, 7) is 4.94. The van der Waals surface area contributed by atoms with Crippen molar-refractivity contribution in [3.63, 3.8) is 0 Å². The molecule has 100 valence electrons. The van der Waals surface area contributed by atoms with E-state index in [1.807, 2.05) is 0 Å². The summed E-state index contributed by atoms with van der Waals surface area (Å²) >= 11 is 1.75. The smallest absolute Gasteiger partial charge is 0.193 e. The third kappa shape index (κ3) is 4.33. The number of hydrogen-bond acceptors (Lipinski definition) is 2. The monoisotopic (exact) mass is 265 g/mol. The Labute approximate surface area is 114 Å². The van der Waals surface area contributed by atoms with Crippen molar-refractivity contribution >= 4 is 17.3 Å². The highest BCUT2D eigenvalue weighted by Gasteiger charge is 2.20. The second kappa shape index (κ2) is 6.78. The fourth-order valence-electron chi connectivity index (χ4n) is 1.96. The van der Waals surface area contributed by atoms with Crippen LogP contribution in [0.5, 0.6) is 0 Å². The summed E-state index contributed by atoms with van der Waals surface area (Å²) < 4.78 is 0. The Morgan fingerprint density at radius 3 is 3.00 bits per heavy atom. The maximum atomic E-state index is 4.71. The molecule has 1 aromatic rings. The lowest BCUT2D eigenvalue weighted by molar-refractivity contribution is 0.477. The Balaban J connectivity index is 1.85. The fourth-order valence-corrected chi connectivity index (χ4v) is 2.62. The maximum absolute atomic E-state index is 4.71. The average Bonchev–Trinajstić information content (AvgIpc) is 3.04. The number of rotatable bonds is 6. The topological polar surface area (TPSA) is 27.6 Å². The molecule has 0 aromatic carbocycles.